The van der Waals surface area contributed by atoms with Crippen LogP contribution in [0.15, 0.2) is 0 Å². The maximum atomic E-state index is 5.82. The Kier molecular flexibility index (Phi) is 11.3. The smallest absolute Gasteiger partial charge is 0.0575 e. The summed E-state index contributed by atoms with van der Waals surface area (Å²) in [5.41, 5.74) is 0. The van der Waals surface area contributed by atoms with Gasteiger partial charge in [0.1, 0.15) is 0 Å². The van der Waals surface area contributed by atoms with Crippen LogP contribution in [0.3, 0.4) is 0 Å². The van der Waals surface area contributed by atoms with Crippen LogP contribution in [0, 0.1) is 5.92 Å². The van der Waals surface area contributed by atoms with Crippen molar-refractivity contribution in [3.05, 3.63) is 0 Å². The minimum Gasteiger partial charge on any atom is -0.382 e. The Hall–Kier alpha value is -0.120. The van der Waals surface area contributed by atoms with Crippen molar-refractivity contribution in [1.82, 2.24) is 0 Å². The highest BCUT2D eigenvalue weighted by Gasteiger charge is 2.21. The number of unbranched alkanes of at least 4 members (excludes halogenated alkanes) is 2. The molecule has 0 atom stereocenters. The summed E-state index contributed by atoms with van der Waals surface area (Å²) in [6.45, 7) is 8.75. The van der Waals surface area contributed by atoms with Crippen LogP contribution in [0.1, 0.15) is 65.2 Å². The molecule has 0 saturated heterocycles. The molecule has 0 radical (unpaired) electrons. The lowest BCUT2D eigenvalue weighted by Gasteiger charge is -2.28. The van der Waals surface area contributed by atoms with E-state index in [4.69, 9.17) is 14.2 Å². The number of ether oxygens (including phenoxy) is 3. The molecule has 0 bridgehead atoms. The first-order valence-electron chi connectivity index (χ1n) is 8.63. The molecule has 0 amide bonds. The van der Waals surface area contributed by atoms with Crippen LogP contribution in [0.25, 0.3) is 0 Å². The predicted octanol–water partition coefficient (Wildman–Crippen LogP) is 4.20. The van der Waals surface area contributed by atoms with Gasteiger partial charge in [0.15, 0.2) is 0 Å². The van der Waals surface area contributed by atoms with Gasteiger partial charge in [0.25, 0.3) is 0 Å². The van der Waals surface area contributed by atoms with Gasteiger partial charge in [-0.2, -0.15) is 0 Å². The molecule has 20 heavy (non-hydrogen) atoms. The van der Waals surface area contributed by atoms with Gasteiger partial charge in [0, 0.05) is 33.0 Å². The van der Waals surface area contributed by atoms with Crippen LogP contribution in [-0.2, 0) is 14.2 Å². The molecule has 3 heteroatoms. The predicted molar refractivity (Wildman–Crippen MR) is 83.2 cm³/mol. The average molecular weight is 286 g/mol. The summed E-state index contributed by atoms with van der Waals surface area (Å²) in [7, 11) is 0. The zero-order valence-corrected chi connectivity index (χ0v) is 13.6. The standard InChI is InChI=1S/C17H34O3/c1-3-12-20-17-10-8-16(9-11-17)15-19-14-7-5-6-13-18-4-2/h16-17H,3-15H2,1-2H3. The summed E-state index contributed by atoms with van der Waals surface area (Å²) in [6, 6.07) is 0. The van der Waals surface area contributed by atoms with E-state index in [1.54, 1.807) is 0 Å². The highest BCUT2D eigenvalue weighted by atomic mass is 16.5. The van der Waals surface area contributed by atoms with Crippen LogP contribution in [0.5, 0.6) is 0 Å². The highest BCUT2D eigenvalue weighted by molar-refractivity contribution is 4.72. The molecule has 0 aromatic carbocycles. The first kappa shape index (κ1) is 17.9. The van der Waals surface area contributed by atoms with Crippen LogP contribution >= 0.6 is 0 Å². The normalized spacial score (nSPS) is 23.1. The summed E-state index contributed by atoms with van der Waals surface area (Å²) in [5, 5.41) is 0. The molecule has 120 valence electrons. The van der Waals surface area contributed by atoms with E-state index in [-0.39, 0.29) is 0 Å². The van der Waals surface area contributed by atoms with Gasteiger partial charge in [-0.3, -0.25) is 0 Å². The number of rotatable bonds is 12. The second-order valence-electron chi connectivity index (χ2n) is 5.85. The van der Waals surface area contributed by atoms with E-state index < -0.39 is 0 Å². The Balaban J connectivity index is 1.86. The second kappa shape index (κ2) is 12.6. The molecule has 3 nitrogen and oxygen atoms in total. The lowest BCUT2D eigenvalue weighted by atomic mass is 9.88. The molecule has 0 aromatic rings. The Morgan fingerprint density at radius 3 is 2.15 bits per heavy atom. The largest absolute Gasteiger partial charge is 0.382 e. The molecule has 1 rings (SSSR count). The zero-order chi connectivity index (χ0) is 14.5. The average Bonchev–Trinajstić information content (AvgIpc) is 2.49. The molecule has 1 aliphatic rings. The minimum absolute atomic E-state index is 0.518. The first-order valence-corrected chi connectivity index (χ1v) is 8.63. The van der Waals surface area contributed by atoms with Gasteiger partial charge in [-0.15, -0.1) is 0 Å². The lowest BCUT2D eigenvalue weighted by molar-refractivity contribution is 0.00220. The van der Waals surface area contributed by atoms with Crippen molar-refractivity contribution in [1.29, 1.82) is 0 Å². The van der Waals surface area contributed by atoms with Crippen molar-refractivity contribution in [2.75, 3.05) is 33.0 Å². The van der Waals surface area contributed by atoms with Crippen molar-refractivity contribution in [2.45, 2.75) is 71.3 Å². The number of hydrogen-bond acceptors (Lipinski definition) is 3. The monoisotopic (exact) mass is 286 g/mol. The van der Waals surface area contributed by atoms with E-state index in [9.17, 15) is 0 Å². The quantitative estimate of drug-likeness (QED) is 0.503. The fourth-order valence-electron chi connectivity index (χ4n) is 2.73. The van der Waals surface area contributed by atoms with Crippen LogP contribution < -0.4 is 0 Å². The van der Waals surface area contributed by atoms with Crippen molar-refractivity contribution < 1.29 is 14.2 Å². The first-order chi connectivity index (χ1) is 9.86. The van der Waals surface area contributed by atoms with Gasteiger partial charge in [0.2, 0.25) is 0 Å². The van der Waals surface area contributed by atoms with Gasteiger partial charge in [-0.25, -0.2) is 0 Å². The maximum absolute atomic E-state index is 5.82. The summed E-state index contributed by atoms with van der Waals surface area (Å²) in [6.07, 6.45) is 10.2. The molecule has 0 heterocycles. The van der Waals surface area contributed by atoms with E-state index in [0.717, 1.165) is 51.8 Å². The third kappa shape index (κ3) is 8.93. The molecule has 1 aliphatic carbocycles. The molecule has 0 N–H and O–H groups in total. The van der Waals surface area contributed by atoms with Crippen molar-refractivity contribution in [3.63, 3.8) is 0 Å². The molecule has 0 unspecified atom stereocenters. The molecule has 1 saturated carbocycles. The maximum Gasteiger partial charge on any atom is 0.0575 e. The van der Waals surface area contributed by atoms with Gasteiger partial charge in [-0.05, 0) is 64.2 Å². The SMILES string of the molecule is CCCOC1CCC(COCCCCCOCC)CC1. The fraction of sp³-hybridized carbons (Fsp3) is 1.00. The second-order valence-corrected chi connectivity index (χ2v) is 5.85. The molecular weight excluding hydrogens is 252 g/mol. The molecule has 0 aliphatic heterocycles. The Morgan fingerprint density at radius 1 is 0.800 bits per heavy atom. The van der Waals surface area contributed by atoms with E-state index in [1.807, 2.05) is 6.92 Å². The van der Waals surface area contributed by atoms with Crippen molar-refractivity contribution >= 4 is 0 Å². The van der Waals surface area contributed by atoms with Crippen LogP contribution in [0.2, 0.25) is 0 Å². The minimum atomic E-state index is 0.518. The van der Waals surface area contributed by atoms with Crippen molar-refractivity contribution in [2.24, 2.45) is 5.92 Å². The van der Waals surface area contributed by atoms with E-state index in [1.165, 1.54) is 38.5 Å². The number of hydrogen-bond donors (Lipinski definition) is 0. The van der Waals surface area contributed by atoms with Crippen LogP contribution in [-0.4, -0.2) is 39.1 Å². The summed E-state index contributed by atoms with van der Waals surface area (Å²) < 4.78 is 17.0. The molecule has 0 spiro atoms. The zero-order valence-electron chi connectivity index (χ0n) is 13.6. The van der Waals surface area contributed by atoms with Gasteiger partial charge in [-0.1, -0.05) is 6.92 Å². The van der Waals surface area contributed by atoms with E-state index >= 15 is 0 Å². The van der Waals surface area contributed by atoms with E-state index in [0.29, 0.717) is 6.10 Å². The Morgan fingerprint density at radius 2 is 1.50 bits per heavy atom. The lowest BCUT2D eigenvalue weighted by Crippen LogP contribution is -2.24. The molecular formula is C17H34O3. The van der Waals surface area contributed by atoms with Gasteiger partial charge < -0.3 is 14.2 Å². The summed E-state index contributed by atoms with van der Waals surface area (Å²) in [4.78, 5) is 0. The Labute approximate surface area is 125 Å². The van der Waals surface area contributed by atoms with Crippen LogP contribution in [0.4, 0.5) is 0 Å². The highest BCUT2D eigenvalue weighted by Crippen LogP contribution is 2.26. The fourth-order valence-corrected chi connectivity index (χ4v) is 2.73. The Bertz CT molecular complexity index is 200. The summed E-state index contributed by atoms with van der Waals surface area (Å²) >= 11 is 0. The third-order valence-corrected chi connectivity index (χ3v) is 3.99. The third-order valence-electron chi connectivity index (χ3n) is 3.99. The van der Waals surface area contributed by atoms with Gasteiger partial charge in [0.05, 0.1) is 6.10 Å². The van der Waals surface area contributed by atoms with E-state index in [2.05, 4.69) is 6.92 Å². The summed E-state index contributed by atoms with van der Waals surface area (Å²) in [5.74, 6) is 0.764. The topological polar surface area (TPSA) is 27.7 Å². The molecule has 1 fully saturated rings. The van der Waals surface area contributed by atoms with Gasteiger partial charge >= 0.3 is 0 Å². The van der Waals surface area contributed by atoms with Crippen molar-refractivity contribution in [3.8, 4) is 0 Å². The molecule has 0 aromatic heterocycles.